The summed E-state index contributed by atoms with van der Waals surface area (Å²) in [5.41, 5.74) is 0. The molecule has 2 unspecified atom stereocenters. The van der Waals surface area contributed by atoms with Crippen LogP contribution in [-0.4, -0.2) is 39.4 Å². The topological polar surface area (TPSA) is 33.3 Å². The molecule has 0 aromatic rings. The van der Waals surface area contributed by atoms with Gasteiger partial charge in [0.15, 0.2) is 0 Å². The summed E-state index contributed by atoms with van der Waals surface area (Å²) in [6, 6.07) is 0. The lowest BCUT2D eigenvalue weighted by Gasteiger charge is -2.14. The van der Waals surface area contributed by atoms with Crippen LogP contribution in [0.25, 0.3) is 0 Å². The first-order chi connectivity index (χ1) is 7.36. The van der Waals surface area contributed by atoms with Crippen molar-refractivity contribution in [3.8, 4) is 0 Å². The summed E-state index contributed by atoms with van der Waals surface area (Å²) >= 11 is 0. The molecule has 2 N–H and O–H groups in total. The van der Waals surface area contributed by atoms with E-state index in [1.54, 1.807) is 0 Å². The SMILES string of the molecule is CC1CNCC1CNCCOCC1CC1. The third-order valence-electron chi connectivity index (χ3n) is 3.56. The van der Waals surface area contributed by atoms with E-state index in [1.807, 2.05) is 0 Å². The average Bonchev–Trinajstić information content (AvgIpc) is 2.96. The smallest absolute Gasteiger partial charge is 0.0591 e. The molecule has 0 spiro atoms. The van der Waals surface area contributed by atoms with Crippen LogP contribution in [0.4, 0.5) is 0 Å². The van der Waals surface area contributed by atoms with E-state index in [0.29, 0.717) is 0 Å². The highest BCUT2D eigenvalue weighted by atomic mass is 16.5. The Labute approximate surface area is 93.0 Å². The zero-order chi connectivity index (χ0) is 10.5. The van der Waals surface area contributed by atoms with Gasteiger partial charge in [-0.25, -0.2) is 0 Å². The van der Waals surface area contributed by atoms with E-state index in [2.05, 4.69) is 17.6 Å². The Bertz CT molecular complexity index is 182. The minimum atomic E-state index is 0.813. The van der Waals surface area contributed by atoms with Gasteiger partial charge < -0.3 is 15.4 Å². The maximum Gasteiger partial charge on any atom is 0.0591 e. The Kier molecular flexibility index (Phi) is 4.42. The second-order valence-corrected chi connectivity index (χ2v) is 5.12. The largest absolute Gasteiger partial charge is 0.380 e. The molecular weight excluding hydrogens is 188 g/mol. The summed E-state index contributed by atoms with van der Waals surface area (Å²) in [5, 5.41) is 6.91. The van der Waals surface area contributed by atoms with E-state index in [1.165, 1.54) is 25.9 Å². The molecule has 1 aliphatic carbocycles. The second-order valence-electron chi connectivity index (χ2n) is 5.12. The highest BCUT2D eigenvalue weighted by Crippen LogP contribution is 2.28. The summed E-state index contributed by atoms with van der Waals surface area (Å²) < 4.78 is 5.57. The summed E-state index contributed by atoms with van der Waals surface area (Å²) in [6.07, 6.45) is 2.78. The maximum atomic E-state index is 5.57. The molecule has 2 aliphatic rings. The number of nitrogens with one attached hydrogen (secondary N) is 2. The van der Waals surface area contributed by atoms with E-state index in [4.69, 9.17) is 4.74 Å². The van der Waals surface area contributed by atoms with Gasteiger partial charge in [-0.15, -0.1) is 0 Å². The molecule has 2 fully saturated rings. The predicted octanol–water partition coefficient (Wildman–Crippen LogP) is 0.858. The van der Waals surface area contributed by atoms with Crippen molar-refractivity contribution in [3.05, 3.63) is 0 Å². The monoisotopic (exact) mass is 212 g/mol. The first-order valence-electron chi connectivity index (χ1n) is 6.35. The van der Waals surface area contributed by atoms with Gasteiger partial charge in [-0.3, -0.25) is 0 Å². The van der Waals surface area contributed by atoms with Crippen molar-refractivity contribution in [2.75, 3.05) is 39.4 Å². The van der Waals surface area contributed by atoms with Gasteiger partial charge in [-0.1, -0.05) is 6.92 Å². The third kappa shape index (κ3) is 4.09. The molecule has 3 nitrogen and oxygen atoms in total. The van der Waals surface area contributed by atoms with Gasteiger partial charge in [-0.05, 0) is 50.2 Å². The van der Waals surface area contributed by atoms with Crippen LogP contribution >= 0.6 is 0 Å². The number of rotatable bonds is 7. The van der Waals surface area contributed by atoms with Crippen LogP contribution in [0.5, 0.6) is 0 Å². The molecular formula is C12H24N2O. The second kappa shape index (κ2) is 5.83. The Morgan fingerprint density at radius 2 is 2.20 bits per heavy atom. The third-order valence-corrected chi connectivity index (χ3v) is 3.56. The van der Waals surface area contributed by atoms with Crippen LogP contribution < -0.4 is 10.6 Å². The van der Waals surface area contributed by atoms with E-state index in [0.717, 1.165) is 44.1 Å². The fraction of sp³-hybridized carbons (Fsp3) is 1.00. The fourth-order valence-corrected chi connectivity index (χ4v) is 2.10. The summed E-state index contributed by atoms with van der Waals surface area (Å²) in [7, 11) is 0. The zero-order valence-corrected chi connectivity index (χ0v) is 9.80. The van der Waals surface area contributed by atoms with Crippen molar-refractivity contribution >= 4 is 0 Å². The lowest BCUT2D eigenvalue weighted by molar-refractivity contribution is 0.125. The van der Waals surface area contributed by atoms with Crippen molar-refractivity contribution in [3.63, 3.8) is 0 Å². The number of hydrogen-bond acceptors (Lipinski definition) is 3. The first kappa shape index (κ1) is 11.4. The van der Waals surface area contributed by atoms with E-state index in [9.17, 15) is 0 Å². The van der Waals surface area contributed by atoms with E-state index >= 15 is 0 Å². The lowest BCUT2D eigenvalue weighted by Crippen LogP contribution is -2.29. The Balaban J connectivity index is 1.40. The molecule has 0 radical (unpaired) electrons. The fourth-order valence-electron chi connectivity index (χ4n) is 2.10. The van der Waals surface area contributed by atoms with Crippen LogP contribution in [0.3, 0.4) is 0 Å². The highest BCUT2D eigenvalue weighted by Gasteiger charge is 2.22. The Morgan fingerprint density at radius 1 is 1.33 bits per heavy atom. The number of ether oxygens (including phenoxy) is 1. The normalized spacial score (nSPS) is 31.0. The van der Waals surface area contributed by atoms with Gasteiger partial charge in [0.2, 0.25) is 0 Å². The van der Waals surface area contributed by atoms with Crippen LogP contribution in [-0.2, 0) is 4.74 Å². The molecule has 0 aromatic heterocycles. The standard InChI is InChI=1S/C12H24N2O/c1-10-6-14-8-12(10)7-13-4-5-15-9-11-2-3-11/h10-14H,2-9H2,1H3. The molecule has 0 aromatic carbocycles. The van der Waals surface area contributed by atoms with Gasteiger partial charge in [0.1, 0.15) is 0 Å². The first-order valence-corrected chi connectivity index (χ1v) is 6.35. The minimum absolute atomic E-state index is 0.813. The van der Waals surface area contributed by atoms with Gasteiger partial charge in [0.25, 0.3) is 0 Å². The van der Waals surface area contributed by atoms with Gasteiger partial charge >= 0.3 is 0 Å². The van der Waals surface area contributed by atoms with Crippen LogP contribution in [0.1, 0.15) is 19.8 Å². The van der Waals surface area contributed by atoms with Crippen LogP contribution in [0, 0.1) is 17.8 Å². The summed E-state index contributed by atoms with van der Waals surface area (Å²) in [6.45, 7) is 8.71. The highest BCUT2D eigenvalue weighted by molar-refractivity contribution is 4.79. The molecule has 15 heavy (non-hydrogen) atoms. The minimum Gasteiger partial charge on any atom is -0.380 e. The molecule has 3 heteroatoms. The van der Waals surface area contributed by atoms with E-state index < -0.39 is 0 Å². The van der Waals surface area contributed by atoms with Crippen molar-refractivity contribution < 1.29 is 4.74 Å². The Morgan fingerprint density at radius 3 is 2.87 bits per heavy atom. The molecule has 88 valence electrons. The van der Waals surface area contributed by atoms with Crippen molar-refractivity contribution in [1.29, 1.82) is 0 Å². The van der Waals surface area contributed by atoms with Crippen molar-refractivity contribution in [2.24, 2.45) is 17.8 Å². The summed E-state index contributed by atoms with van der Waals surface area (Å²) in [5.74, 6) is 2.53. The van der Waals surface area contributed by atoms with Crippen LogP contribution in [0.2, 0.25) is 0 Å². The molecule has 1 aliphatic heterocycles. The quantitative estimate of drug-likeness (QED) is 0.614. The molecule has 1 saturated carbocycles. The molecule has 0 amide bonds. The lowest BCUT2D eigenvalue weighted by atomic mass is 9.98. The van der Waals surface area contributed by atoms with Crippen molar-refractivity contribution in [1.82, 2.24) is 10.6 Å². The van der Waals surface area contributed by atoms with Gasteiger partial charge in [0, 0.05) is 13.2 Å². The van der Waals surface area contributed by atoms with E-state index in [-0.39, 0.29) is 0 Å². The molecule has 0 bridgehead atoms. The van der Waals surface area contributed by atoms with Gasteiger partial charge in [0.05, 0.1) is 6.61 Å². The Hall–Kier alpha value is -0.120. The zero-order valence-electron chi connectivity index (χ0n) is 9.80. The average molecular weight is 212 g/mol. The maximum absolute atomic E-state index is 5.57. The summed E-state index contributed by atoms with van der Waals surface area (Å²) in [4.78, 5) is 0. The molecule has 1 heterocycles. The molecule has 2 atom stereocenters. The number of hydrogen-bond donors (Lipinski definition) is 2. The molecule has 1 saturated heterocycles. The van der Waals surface area contributed by atoms with Crippen LogP contribution in [0.15, 0.2) is 0 Å². The van der Waals surface area contributed by atoms with Crippen molar-refractivity contribution in [2.45, 2.75) is 19.8 Å². The molecule has 2 rings (SSSR count). The predicted molar refractivity (Wildman–Crippen MR) is 61.9 cm³/mol. The van der Waals surface area contributed by atoms with Gasteiger partial charge in [-0.2, -0.15) is 0 Å².